The van der Waals surface area contributed by atoms with Gasteiger partial charge in [0.25, 0.3) is 0 Å². The maximum absolute atomic E-state index is 12.9. The third kappa shape index (κ3) is 3.42. The molecule has 0 spiro atoms. The van der Waals surface area contributed by atoms with E-state index < -0.39 is 38.2 Å². The van der Waals surface area contributed by atoms with Crippen molar-refractivity contribution in [2.75, 3.05) is 11.5 Å². The molecule has 0 radical (unpaired) electrons. The molecule has 0 atom stereocenters. The van der Waals surface area contributed by atoms with Crippen molar-refractivity contribution >= 4 is 27.5 Å². The maximum atomic E-state index is 12.9. The number of imide groups is 1. The van der Waals surface area contributed by atoms with Crippen molar-refractivity contribution in [1.29, 1.82) is 0 Å². The molecule has 0 aromatic heterocycles. The number of urea groups is 1. The second-order valence-electron chi connectivity index (χ2n) is 3.35. The van der Waals surface area contributed by atoms with E-state index in [1.54, 1.807) is 5.32 Å². The van der Waals surface area contributed by atoms with Gasteiger partial charge in [-0.15, -0.1) is 0 Å². The second-order valence-corrected chi connectivity index (χ2v) is 5.31. The number of sulfone groups is 1. The van der Waals surface area contributed by atoms with E-state index >= 15 is 0 Å². The van der Waals surface area contributed by atoms with Gasteiger partial charge in [-0.2, -0.15) is 0 Å². The first-order chi connectivity index (χ1) is 8.22. The summed E-state index contributed by atoms with van der Waals surface area (Å²) < 4.78 is 36.4. The van der Waals surface area contributed by atoms with Gasteiger partial charge in [-0.05, 0) is 18.2 Å². The minimum absolute atomic E-state index is 0.191. The molecule has 0 saturated heterocycles. The highest BCUT2D eigenvalue weighted by molar-refractivity contribution is 7.92. The van der Waals surface area contributed by atoms with Crippen LogP contribution in [0.4, 0.5) is 14.9 Å². The van der Waals surface area contributed by atoms with E-state index in [0.29, 0.717) is 6.07 Å². The molecule has 0 saturated carbocycles. The van der Waals surface area contributed by atoms with Crippen LogP contribution in [0.25, 0.3) is 0 Å². The molecule has 0 heterocycles. The van der Waals surface area contributed by atoms with Crippen molar-refractivity contribution in [3.8, 4) is 0 Å². The van der Waals surface area contributed by atoms with Gasteiger partial charge in [0.15, 0.2) is 9.84 Å². The zero-order chi connectivity index (χ0) is 13.9. The molecule has 0 fully saturated rings. The molecule has 9 heteroatoms. The van der Waals surface area contributed by atoms with Gasteiger partial charge in [0, 0.05) is 0 Å². The van der Waals surface area contributed by atoms with E-state index in [4.69, 9.17) is 5.73 Å². The first-order valence-electron chi connectivity index (χ1n) is 4.59. The third-order valence-corrected chi connectivity index (χ3v) is 3.56. The summed E-state index contributed by atoms with van der Waals surface area (Å²) in [5, 5.41) is 1.59. The Labute approximate surface area is 102 Å². The lowest BCUT2D eigenvalue weighted by molar-refractivity contribution is -0.117. The number of nitrogens with two attached hydrogens (primary N) is 2. The fourth-order valence-corrected chi connectivity index (χ4v) is 2.49. The minimum Gasteiger partial charge on any atom is -0.398 e. The van der Waals surface area contributed by atoms with Crippen molar-refractivity contribution in [3.05, 3.63) is 24.0 Å². The number of benzene rings is 1. The minimum atomic E-state index is -4.14. The van der Waals surface area contributed by atoms with Crippen molar-refractivity contribution in [1.82, 2.24) is 5.32 Å². The van der Waals surface area contributed by atoms with Crippen molar-refractivity contribution in [2.24, 2.45) is 5.73 Å². The van der Waals surface area contributed by atoms with Crippen LogP contribution in [0.3, 0.4) is 0 Å². The van der Waals surface area contributed by atoms with E-state index in [1.165, 1.54) is 0 Å². The summed E-state index contributed by atoms with van der Waals surface area (Å²) in [6, 6.07) is 1.57. The third-order valence-electron chi connectivity index (χ3n) is 1.89. The standard InChI is InChI=1S/C9H10FN3O4S/c10-5-1-2-6(11)7(3-5)18(16,17)4-8(14)13-9(12)15/h1-3H,4,11H2,(H3,12,13,14,15). The topological polar surface area (TPSA) is 132 Å². The van der Waals surface area contributed by atoms with Crippen LogP contribution >= 0.6 is 0 Å². The predicted octanol–water partition coefficient (Wildman–Crippen LogP) is -0.624. The molecule has 0 aliphatic heterocycles. The van der Waals surface area contributed by atoms with E-state index in [0.717, 1.165) is 12.1 Å². The second kappa shape index (κ2) is 5.00. The summed E-state index contributed by atoms with van der Waals surface area (Å²) in [5.41, 5.74) is 9.85. The monoisotopic (exact) mass is 275 g/mol. The zero-order valence-electron chi connectivity index (χ0n) is 9.01. The Morgan fingerprint density at radius 3 is 2.50 bits per heavy atom. The summed E-state index contributed by atoms with van der Waals surface area (Å²) in [5.74, 6) is -2.98. The Kier molecular flexibility index (Phi) is 3.86. The smallest absolute Gasteiger partial charge is 0.318 e. The van der Waals surface area contributed by atoms with Gasteiger partial charge in [-0.25, -0.2) is 17.6 Å². The van der Waals surface area contributed by atoms with Crippen molar-refractivity contribution in [3.63, 3.8) is 0 Å². The average Bonchev–Trinajstić information content (AvgIpc) is 2.19. The summed E-state index contributed by atoms with van der Waals surface area (Å²) in [7, 11) is -4.14. The lowest BCUT2D eigenvalue weighted by Crippen LogP contribution is -2.38. The number of rotatable bonds is 3. The van der Waals surface area contributed by atoms with Gasteiger partial charge < -0.3 is 11.5 Å². The lowest BCUT2D eigenvalue weighted by atomic mass is 10.3. The van der Waals surface area contributed by atoms with Crippen molar-refractivity contribution < 1.29 is 22.4 Å². The Balaban J connectivity index is 3.03. The molecule has 0 aliphatic carbocycles. The van der Waals surface area contributed by atoms with Gasteiger partial charge in [0.1, 0.15) is 11.6 Å². The van der Waals surface area contributed by atoms with Crippen LogP contribution in [0, 0.1) is 5.82 Å². The molecule has 98 valence electrons. The number of amides is 3. The predicted molar refractivity (Wildman–Crippen MR) is 60.6 cm³/mol. The highest BCUT2D eigenvalue weighted by Gasteiger charge is 2.23. The first-order valence-corrected chi connectivity index (χ1v) is 6.24. The van der Waals surface area contributed by atoms with Gasteiger partial charge in [0.05, 0.1) is 10.6 Å². The van der Waals surface area contributed by atoms with Gasteiger partial charge in [-0.1, -0.05) is 0 Å². The van der Waals surface area contributed by atoms with E-state index in [9.17, 15) is 22.4 Å². The van der Waals surface area contributed by atoms with E-state index in [1.807, 2.05) is 0 Å². The van der Waals surface area contributed by atoms with Crippen LogP contribution in [0.1, 0.15) is 0 Å². The number of hydrogen-bond donors (Lipinski definition) is 3. The number of nitrogens with one attached hydrogen (secondary N) is 1. The van der Waals surface area contributed by atoms with Gasteiger partial charge in [0.2, 0.25) is 5.91 Å². The highest BCUT2D eigenvalue weighted by atomic mass is 32.2. The average molecular weight is 275 g/mol. The molecule has 3 amide bonds. The van der Waals surface area contributed by atoms with Crippen LogP contribution < -0.4 is 16.8 Å². The van der Waals surface area contributed by atoms with E-state index in [-0.39, 0.29) is 5.69 Å². The normalized spacial score (nSPS) is 10.9. The van der Waals surface area contributed by atoms with Crippen LogP contribution in [0.15, 0.2) is 23.1 Å². The summed E-state index contributed by atoms with van der Waals surface area (Å²) in [6.45, 7) is 0. The molecular weight excluding hydrogens is 265 g/mol. The highest BCUT2D eigenvalue weighted by Crippen LogP contribution is 2.20. The number of hydrogen-bond acceptors (Lipinski definition) is 5. The Morgan fingerprint density at radius 1 is 1.33 bits per heavy atom. The fourth-order valence-electron chi connectivity index (χ4n) is 1.20. The van der Waals surface area contributed by atoms with E-state index in [2.05, 4.69) is 5.73 Å². The quantitative estimate of drug-likeness (QED) is 0.632. The molecule has 1 aromatic carbocycles. The van der Waals surface area contributed by atoms with Gasteiger partial charge in [-0.3, -0.25) is 10.1 Å². The van der Waals surface area contributed by atoms with Crippen LogP contribution in [-0.2, 0) is 14.6 Å². The van der Waals surface area contributed by atoms with Crippen LogP contribution in [0.5, 0.6) is 0 Å². The Hall–Kier alpha value is -2.16. The molecule has 0 bridgehead atoms. The van der Waals surface area contributed by atoms with Gasteiger partial charge >= 0.3 is 6.03 Å². The van der Waals surface area contributed by atoms with Crippen LogP contribution in [0.2, 0.25) is 0 Å². The first kappa shape index (κ1) is 13.9. The molecule has 5 N–H and O–H groups in total. The largest absolute Gasteiger partial charge is 0.398 e. The Bertz CT molecular complexity index is 600. The maximum Gasteiger partial charge on any atom is 0.318 e. The Morgan fingerprint density at radius 2 is 1.94 bits per heavy atom. The van der Waals surface area contributed by atoms with Crippen molar-refractivity contribution in [2.45, 2.75) is 4.90 Å². The molecule has 18 heavy (non-hydrogen) atoms. The lowest BCUT2D eigenvalue weighted by Gasteiger charge is -2.07. The number of carbonyl (C=O) groups excluding carboxylic acids is 2. The number of anilines is 1. The number of carbonyl (C=O) groups is 2. The molecule has 0 unspecified atom stereocenters. The molecular formula is C9H10FN3O4S. The fraction of sp³-hybridized carbons (Fsp3) is 0.111. The zero-order valence-corrected chi connectivity index (χ0v) is 9.83. The molecule has 0 aliphatic rings. The number of nitrogen functional groups attached to an aromatic ring is 1. The molecule has 1 aromatic rings. The van der Waals surface area contributed by atoms with Crippen LogP contribution in [-0.4, -0.2) is 26.1 Å². The number of halogens is 1. The summed E-state index contributed by atoms with van der Waals surface area (Å²) >= 11 is 0. The summed E-state index contributed by atoms with van der Waals surface area (Å²) in [4.78, 5) is 21.0. The summed E-state index contributed by atoms with van der Waals surface area (Å²) in [6.07, 6.45) is 0. The molecule has 1 rings (SSSR count). The number of primary amides is 1. The molecule has 7 nitrogen and oxygen atoms in total. The SMILES string of the molecule is NC(=O)NC(=O)CS(=O)(=O)c1cc(F)ccc1N.